The number of para-hydroxylation sites is 1. The van der Waals surface area contributed by atoms with Gasteiger partial charge in [0.05, 0.1) is 19.9 Å². The summed E-state index contributed by atoms with van der Waals surface area (Å²) in [6.07, 6.45) is 1.68. The Bertz CT molecular complexity index is 779. The van der Waals surface area contributed by atoms with Crippen LogP contribution in [0, 0.1) is 6.92 Å². The van der Waals surface area contributed by atoms with E-state index in [2.05, 4.69) is 36.5 Å². The molecule has 2 aromatic carbocycles. The molecule has 1 N–H and O–H groups in total. The van der Waals surface area contributed by atoms with E-state index >= 15 is 0 Å². The van der Waals surface area contributed by atoms with E-state index in [-0.39, 0.29) is 0 Å². The van der Waals surface area contributed by atoms with Crippen LogP contribution >= 0.6 is 0 Å². The molecule has 0 aliphatic rings. The highest BCUT2D eigenvalue weighted by Gasteiger charge is 2.11. The van der Waals surface area contributed by atoms with Crippen molar-refractivity contribution in [1.29, 1.82) is 0 Å². The smallest absolute Gasteiger partial charge is 0.166 e. The van der Waals surface area contributed by atoms with Gasteiger partial charge in [0.15, 0.2) is 11.5 Å². The van der Waals surface area contributed by atoms with Crippen LogP contribution in [0.25, 0.3) is 0 Å². The Hall–Kier alpha value is -2.72. The molecule has 0 atom stereocenters. The number of aryl methyl sites for hydroxylation is 1. The first-order valence-electron chi connectivity index (χ1n) is 8.33. The normalized spacial score (nSPS) is 10.6. The molecule has 4 heteroatoms. The number of benzene rings is 2. The molecule has 1 aromatic heterocycles. The van der Waals surface area contributed by atoms with Gasteiger partial charge in [-0.1, -0.05) is 42.0 Å². The van der Waals surface area contributed by atoms with Gasteiger partial charge in [-0.15, -0.1) is 0 Å². The van der Waals surface area contributed by atoms with Crippen LogP contribution in [0.3, 0.4) is 0 Å². The number of furan rings is 1. The Morgan fingerprint density at radius 2 is 1.80 bits per heavy atom. The molecule has 1 heterocycles. The van der Waals surface area contributed by atoms with E-state index in [1.807, 2.05) is 30.3 Å². The predicted octanol–water partition coefficient (Wildman–Crippen LogP) is 4.47. The van der Waals surface area contributed by atoms with Crippen LogP contribution in [-0.2, 0) is 19.7 Å². The van der Waals surface area contributed by atoms with Gasteiger partial charge >= 0.3 is 0 Å². The molecule has 0 aliphatic carbocycles. The van der Waals surface area contributed by atoms with Gasteiger partial charge in [0.25, 0.3) is 0 Å². The fourth-order valence-electron chi connectivity index (χ4n) is 2.60. The minimum absolute atomic E-state index is 0.506. The maximum Gasteiger partial charge on any atom is 0.166 e. The largest absolute Gasteiger partial charge is 0.493 e. The third-order valence-electron chi connectivity index (χ3n) is 3.98. The highest BCUT2D eigenvalue weighted by molar-refractivity contribution is 5.46. The second-order valence-electron chi connectivity index (χ2n) is 5.91. The first-order valence-corrected chi connectivity index (χ1v) is 8.33. The summed E-state index contributed by atoms with van der Waals surface area (Å²) in [4.78, 5) is 0. The molecule has 130 valence electrons. The second kappa shape index (κ2) is 8.40. The fraction of sp³-hybridized carbons (Fsp3) is 0.238. The monoisotopic (exact) mass is 337 g/mol. The molecule has 25 heavy (non-hydrogen) atoms. The zero-order valence-corrected chi connectivity index (χ0v) is 14.6. The average Bonchev–Trinajstić information content (AvgIpc) is 3.15. The van der Waals surface area contributed by atoms with Crippen LogP contribution in [0.15, 0.2) is 65.3 Å². The van der Waals surface area contributed by atoms with Gasteiger partial charge in [0.2, 0.25) is 0 Å². The van der Waals surface area contributed by atoms with Crippen LogP contribution in [0.5, 0.6) is 11.5 Å². The molecule has 0 saturated carbocycles. The van der Waals surface area contributed by atoms with Crippen LogP contribution in [0.4, 0.5) is 0 Å². The third kappa shape index (κ3) is 4.64. The summed E-state index contributed by atoms with van der Waals surface area (Å²) in [7, 11) is 1.66. The van der Waals surface area contributed by atoms with Crippen molar-refractivity contribution >= 4 is 0 Å². The quantitative estimate of drug-likeness (QED) is 0.659. The summed E-state index contributed by atoms with van der Waals surface area (Å²) < 4.78 is 16.9. The van der Waals surface area contributed by atoms with Crippen molar-refractivity contribution in [2.75, 3.05) is 7.11 Å². The maximum atomic E-state index is 6.08. The van der Waals surface area contributed by atoms with Crippen LogP contribution in [0.2, 0.25) is 0 Å². The van der Waals surface area contributed by atoms with Gasteiger partial charge in [-0.25, -0.2) is 0 Å². The number of methoxy groups -OCH3 is 1. The summed E-state index contributed by atoms with van der Waals surface area (Å²) in [5.74, 6) is 2.42. The molecular formula is C21H23NO3. The summed E-state index contributed by atoms with van der Waals surface area (Å²) in [6, 6.07) is 18.1. The van der Waals surface area contributed by atoms with Gasteiger partial charge in [0, 0.05) is 12.1 Å². The van der Waals surface area contributed by atoms with Gasteiger partial charge in [-0.05, 0) is 30.7 Å². The first-order chi connectivity index (χ1) is 12.3. The van der Waals surface area contributed by atoms with Crippen molar-refractivity contribution in [2.24, 2.45) is 0 Å². The molecule has 0 radical (unpaired) electrons. The third-order valence-corrected chi connectivity index (χ3v) is 3.98. The summed E-state index contributed by atoms with van der Waals surface area (Å²) in [6.45, 7) is 3.92. The number of rotatable bonds is 8. The van der Waals surface area contributed by atoms with Gasteiger partial charge in [-0.2, -0.15) is 0 Å². The Labute approximate surface area is 148 Å². The van der Waals surface area contributed by atoms with Crippen molar-refractivity contribution in [2.45, 2.75) is 26.6 Å². The Morgan fingerprint density at radius 3 is 2.52 bits per heavy atom. The maximum absolute atomic E-state index is 6.08. The van der Waals surface area contributed by atoms with E-state index in [0.717, 1.165) is 28.4 Å². The molecule has 4 nitrogen and oxygen atoms in total. The highest BCUT2D eigenvalue weighted by Crippen LogP contribution is 2.31. The molecule has 0 bridgehead atoms. The lowest BCUT2D eigenvalue weighted by atomic mass is 10.1. The van der Waals surface area contributed by atoms with Crippen LogP contribution in [0.1, 0.15) is 22.5 Å². The highest BCUT2D eigenvalue weighted by atomic mass is 16.5. The molecule has 0 saturated heterocycles. The van der Waals surface area contributed by atoms with E-state index in [1.54, 1.807) is 13.4 Å². The van der Waals surface area contributed by atoms with E-state index in [9.17, 15) is 0 Å². The Morgan fingerprint density at radius 1 is 0.960 bits per heavy atom. The fourth-order valence-corrected chi connectivity index (χ4v) is 2.60. The van der Waals surface area contributed by atoms with Gasteiger partial charge in [-0.3, -0.25) is 0 Å². The topological polar surface area (TPSA) is 43.6 Å². The first kappa shape index (κ1) is 17.1. The zero-order chi connectivity index (χ0) is 17.5. The molecule has 0 aliphatic heterocycles. The molecule has 0 fully saturated rings. The van der Waals surface area contributed by atoms with Crippen LogP contribution in [-0.4, -0.2) is 7.11 Å². The number of ether oxygens (including phenoxy) is 2. The Kier molecular flexibility index (Phi) is 5.75. The minimum atomic E-state index is 0.506. The van der Waals surface area contributed by atoms with Crippen molar-refractivity contribution < 1.29 is 13.9 Å². The number of nitrogens with one attached hydrogen (secondary N) is 1. The van der Waals surface area contributed by atoms with Crippen molar-refractivity contribution in [1.82, 2.24) is 5.32 Å². The van der Waals surface area contributed by atoms with E-state index in [4.69, 9.17) is 13.9 Å². The minimum Gasteiger partial charge on any atom is -0.493 e. The standard InChI is InChI=1S/C21H23NO3/c1-16-8-10-17(11-9-16)15-25-21-18(5-3-7-20(21)23-2)13-22-14-19-6-4-12-24-19/h3-12,22H,13-15H2,1-2H3. The predicted molar refractivity (Wildman–Crippen MR) is 97.8 cm³/mol. The SMILES string of the molecule is COc1cccc(CNCc2ccco2)c1OCc1ccc(C)cc1. The van der Waals surface area contributed by atoms with Crippen molar-refractivity contribution in [3.8, 4) is 11.5 Å². The van der Waals surface area contributed by atoms with E-state index in [0.29, 0.717) is 19.7 Å². The second-order valence-corrected chi connectivity index (χ2v) is 5.91. The molecule has 3 aromatic rings. The van der Waals surface area contributed by atoms with Gasteiger partial charge in [0.1, 0.15) is 12.4 Å². The van der Waals surface area contributed by atoms with Gasteiger partial charge < -0.3 is 19.2 Å². The molecule has 0 spiro atoms. The average molecular weight is 337 g/mol. The molecule has 3 rings (SSSR count). The molecular weight excluding hydrogens is 314 g/mol. The lowest BCUT2D eigenvalue weighted by Gasteiger charge is -2.15. The van der Waals surface area contributed by atoms with Crippen molar-refractivity contribution in [3.05, 3.63) is 83.3 Å². The molecule has 0 amide bonds. The lowest BCUT2D eigenvalue weighted by Crippen LogP contribution is -2.13. The lowest BCUT2D eigenvalue weighted by molar-refractivity contribution is 0.280. The summed E-state index contributed by atoms with van der Waals surface area (Å²) in [5, 5.41) is 3.37. The van der Waals surface area contributed by atoms with E-state index in [1.165, 1.54) is 5.56 Å². The van der Waals surface area contributed by atoms with Crippen molar-refractivity contribution in [3.63, 3.8) is 0 Å². The van der Waals surface area contributed by atoms with Crippen LogP contribution < -0.4 is 14.8 Å². The van der Waals surface area contributed by atoms with E-state index < -0.39 is 0 Å². The summed E-state index contributed by atoms with van der Waals surface area (Å²) in [5.41, 5.74) is 3.42. The number of hydrogen-bond acceptors (Lipinski definition) is 4. The Balaban J connectivity index is 1.68. The zero-order valence-electron chi connectivity index (χ0n) is 14.6. The molecule has 0 unspecified atom stereocenters. The summed E-state index contributed by atoms with van der Waals surface area (Å²) >= 11 is 0. The number of hydrogen-bond donors (Lipinski definition) is 1.